The molecule has 2 aromatic heterocycles. The van der Waals surface area contributed by atoms with E-state index < -0.39 is 17.5 Å². The number of rotatable bonds is 3. The van der Waals surface area contributed by atoms with Crippen molar-refractivity contribution in [2.45, 2.75) is 25.0 Å². The van der Waals surface area contributed by atoms with Gasteiger partial charge in [0.15, 0.2) is 11.4 Å². The fourth-order valence-electron chi connectivity index (χ4n) is 4.42. The van der Waals surface area contributed by atoms with Crippen LogP contribution in [0.15, 0.2) is 43.0 Å². The predicted molar refractivity (Wildman–Crippen MR) is 119 cm³/mol. The van der Waals surface area contributed by atoms with E-state index in [9.17, 15) is 9.59 Å². The van der Waals surface area contributed by atoms with Gasteiger partial charge in [0, 0.05) is 25.1 Å². The minimum atomic E-state index is -1.32. The number of aromatic nitrogens is 3. The number of halogens is 3. The number of fused-ring (bicyclic) bond motifs is 2. The lowest BCUT2D eigenvalue weighted by Crippen LogP contribution is -2.53. The summed E-state index contributed by atoms with van der Waals surface area (Å²) in [6.07, 6.45) is 6.51. The second-order valence-corrected chi connectivity index (χ2v) is 8.90. The average molecular weight is 490 g/mol. The smallest absolute Gasteiger partial charge is 0.412 e. The number of ether oxygens (including phenoxy) is 1. The van der Waals surface area contributed by atoms with Crippen molar-refractivity contribution >= 4 is 40.9 Å². The van der Waals surface area contributed by atoms with Crippen molar-refractivity contribution in [1.29, 1.82) is 0 Å². The third-order valence-corrected chi connectivity index (χ3v) is 6.30. The molecular formula is C22H18Cl2FN5O3. The highest BCUT2D eigenvalue weighted by molar-refractivity contribution is 6.31. The van der Waals surface area contributed by atoms with E-state index in [4.69, 9.17) is 27.9 Å². The molecule has 0 bridgehead atoms. The van der Waals surface area contributed by atoms with Crippen LogP contribution in [0.25, 0.3) is 0 Å². The lowest BCUT2D eigenvalue weighted by Gasteiger charge is -2.45. The normalized spacial score (nSPS) is 19.7. The van der Waals surface area contributed by atoms with Gasteiger partial charge in [-0.3, -0.25) is 19.8 Å². The van der Waals surface area contributed by atoms with E-state index in [2.05, 4.69) is 15.4 Å². The third kappa shape index (κ3) is 4.02. The zero-order chi connectivity index (χ0) is 23.2. The Bertz CT molecular complexity index is 1270. The zero-order valence-corrected chi connectivity index (χ0v) is 18.7. The molecule has 33 heavy (non-hydrogen) atoms. The first-order valence-electron chi connectivity index (χ1n) is 10.2. The summed E-state index contributed by atoms with van der Waals surface area (Å²) in [6.45, 7) is 0.838. The number of anilines is 1. The molecule has 1 spiro atoms. The van der Waals surface area contributed by atoms with E-state index in [0.717, 1.165) is 5.56 Å². The van der Waals surface area contributed by atoms with Gasteiger partial charge in [-0.1, -0.05) is 23.2 Å². The first kappa shape index (κ1) is 21.7. The van der Waals surface area contributed by atoms with E-state index in [-0.39, 0.29) is 23.0 Å². The van der Waals surface area contributed by atoms with Crippen LogP contribution in [0.3, 0.4) is 0 Å². The highest BCUT2D eigenvalue weighted by atomic mass is 35.5. The Morgan fingerprint density at radius 1 is 1.27 bits per heavy atom. The van der Waals surface area contributed by atoms with Crippen molar-refractivity contribution in [3.05, 3.63) is 75.5 Å². The molecule has 2 aliphatic heterocycles. The summed E-state index contributed by atoms with van der Waals surface area (Å²) in [6, 6.07) is 4.69. The Morgan fingerprint density at radius 2 is 2.12 bits per heavy atom. The van der Waals surface area contributed by atoms with Gasteiger partial charge >= 0.3 is 6.09 Å². The van der Waals surface area contributed by atoms with Crippen molar-refractivity contribution in [3.8, 4) is 0 Å². The molecule has 8 nitrogen and oxygen atoms in total. The second-order valence-electron chi connectivity index (χ2n) is 8.06. The van der Waals surface area contributed by atoms with E-state index in [1.807, 2.05) is 0 Å². The van der Waals surface area contributed by atoms with Crippen LogP contribution in [0, 0.1) is 5.82 Å². The van der Waals surface area contributed by atoms with Crippen LogP contribution in [-0.4, -0.2) is 44.8 Å². The van der Waals surface area contributed by atoms with Gasteiger partial charge in [-0.2, -0.15) is 5.10 Å². The lowest BCUT2D eigenvalue weighted by molar-refractivity contribution is -0.0418. The van der Waals surface area contributed by atoms with E-state index in [1.165, 1.54) is 18.5 Å². The molecule has 0 saturated carbocycles. The molecule has 5 rings (SSSR count). The maximum Gasteiger partial charge on any atom is 0.412 e. The molecule has 2 aliphatic rings. The average Bonchev–Trinajstić information content (AvgIpc) is 3.24. The van der Waals surface area contributed by atoms with Crippen LogP contribution in [0.1, 0.15) is 34.3 Å². The van der Waals surface area contributed by atoms with Gasteiger partial charge < -0.3 is 9.64 Å². The molecular weight excluding hydrogens is 472 g/mol. The summed E-state index contributed by atoms with van der Waals surface area (Å²) in [5, 5.41) is 7.21. The molecule has 0 unspecified atom stereocenters. The first-order valence-corrected chi connectivity index (χ1v) is 11.0. The number of amides is 2. The molecule has 3 aromatic rings. The third-order valence-electron chi connectivity index (χ3n) is 5.80. The number of carbonyl (C=O) groups excluding carboxylic acids is 2. The number of carbonyl (C=O) groups is 2. The number of hydrogen-bond acceptors (Lipinski definition) is 5. The molecule has 1 N–H and O–H groups in total. The summed E-state index contributed by atoms with van der Waals surface area (Å²) in [5.74, 6) is -0.950. The fraction of sp³-hybridized carbons (Fsp3) is 0.273. The van der Waals surface area contributed by atoms with Crippen molar-refractivity contribution in [2.75, 3.05) is 18.4 Å². The largest absolute Gasteiger partial charge is 0.436 e. The Morgan fingerprint density at radius 3 is 2.94 bits per heavy atom. The van der Waals surface area contributed by atoms with Gasteiger partial charge in [0.2, 0.25) is 0 Å². The summed E-state index contributed by atoms with van der Waals surface area (Å²) in [7, 11) is 0. The van der Waals surface area contributed by atoms with E-state index >= 15 is 4.39 Å². The van der Waals surface area contributed by atoms with Crippen LogP contribution in [0.5, 0.6) is 0 Å². The van der Waals surface area contributed by atoms with Crippen molar-refractivity contribution < 1.29 is 18.7 Å². The highest BCUT2D eigenvalue weighted by Crippen LogP contribution is 2.45. The quantitative estimate of drug-likeness (QED) is 0.586. The molecule has 1 aromatic carbocycles. The first-order chi connectivity index (χ1) is 15.8. The number of pyridine rings is 1. The molecule has 1 atom stereocenters. The van der Waals surface area contributed by atoms with Crippen molar-refractivity contribution in [1.82, 2.24) is 19.7 Å². The number of nitrogens with one attached hydrogen (secondary N) is 1. The van der Waals surface area contributed by atoms with Crippen LogP contribution in [0.2, 0.25) is 10.0 Å². The summed E-state index contributed by atoms with van der Waals surface area (Å²) >= 11 is 12.0. The molecule has 0 aliphatic carbocycles. The van der Waals surface area contributed by atoms with Crippen LogP contribution < -0.4 is 5.32 Å². The van der Waals surface area contributed by atoms with E-state index in [1.54, 1.807) is 34.1 Å². The minimum Gasteiger partial charge on any atom is -0.436 e. The van der Waals surface area contributed by atoms with Gasteiger partial charge in [0.05, 0.1) is 46.1 Å². The van der Waals surface area contributed by atoms with Crippen molar-refractivity contribution in [3.63, 3.8) is 0 Å². The van der Waals surface area contributed by atoms with Gasteiger partial charge in [0.1, 0.15) is 0 Å². The molecule has 1 saturated heterocycles. The minimum absolute atomic E-state index is 0.00685. The molecule has 2 amide bonds. The monoisotopic (exact) mass is 489 g/mol. The summed E-state index contributed by atoms with van der Waals surface area (Å²) < 4.78 is 22.3. The molecule has 1 fully saturated rings. The number of nitrogens with zero attached hydrogens (tertiary/aromatic N) is 4. The Kier molecular flexibility index (Phi) is 5.46. The van der Waals surface area contributed by atoms with Crippen LogP contribution in [0.4, 0.5) is 14.9 Å². The Labute approximate surface area is 198 Å². The van der Waals surface area contributed by atoms with Gasteiger partial charge in [-0.05, 0) is 36.6 Å². The maximum atomic E-state index is 15.0. The number of piperidine rings is 1. The number of benzene rings is 1. The molecule has 0 radical (unpaired) electrons. The zero-order valence-electron chi connectivity index (χ0n) is 17.2. The topological polar surface area (TPSA) is 89.4 Å². The standard InChI is InChI=1S/C22H18Cl2FN5O3/c23-15-6-13(7-26-9-15)10-30-11-14(8-27-30)20(31)29-5-1-4-22(12-29)18-17(28-21(32)33-22)3-2-16(24)19(18)25/h2-3,6-9,11H,1,4-5,10,12H2,(H,28,32)/t22-/m0/s1. The van der Waals surface area contributed by atoms with Crippen LogP contribution >= 0.6 is 23.2 Å². The van der Waals surface area contributed by atoms with Crippen LogP contribution in [-0.2, 0) is 16.9 Å². The van der Waals surface area contributed by atoms with Gasteiger partial charge in [-0.15, -0.1) is 0 Å². The van der Waals surface area contributed by atoms with Crippen molar-refractivity contribution in [2.24, 2.45) is 0 Å². The highest BCUT2D eigenvalue weighted by Gasteiger charge is 2.48. The fourth-order valence-corrected chi connectivity index (χ4v) is 4.77. The van der Waals surface area contributed by atoms with E-state index in [0.29, 0.717) is 42.2 Å². The Balaban J connectivity index is 1.40. The van der Waals surface area contributed by atoms with Gasteiger partial charge in [-0.25, -0.2) is 9.18 Å². The number of likely N-dealkylation sites (tertiary alicyclic amines) is 1. The maximum absolute atomic E-state index is 15.0. The summed E-state index contributed by atoms with van der Waals surface area (Å²) in [4.78, 5) is 31.1. The lowest BCUT2D eigenvalue weighted by atomic mass is 9.83. The second kappa shape index (κ2) is 8.31. The molecule has 170 valence electrons. The van der Waals surface area contributed by atoms with Gasteiger partial charge in [0.25, 0.3) is 5.91 Å². The SMILES string of the molecule is O=C1Nc2ccc(Cl)c(F)c2[C@@]2(CCCN(C(=O)c3cnn(Cc4cncc(Cl)c4)c3)C2)O1. The molecule has 4 heterocycles. The summed E-state index contributed by atoms with van der Waals surface area (Å²) in [5.41, 5.74) is 0.353. The predicted octanol–water partition coefficient (Wildman–Crippen LogP) is 4.47. The Hall–Kier alpha value is -3.17. The molecule has 11 heteroatoms. The number of hydrogen-bond donors (Lipinski definition) is 1.